The van der Waals surface area contributed by atoms with Crippen molar-refractivity contribution in [3.05, 3.63) is 28.2 Å². The van der Waals surface area contributed by atoms with Gasteiger partial charge >= 0.3 is 6.09 Å². The lowest BCUT2D eigenvalue weighted by Gasteiger charge is -2.18. The quantitative estimate of drug-likeness (QED) is 0.648. The van der Waals surface area contributed by atoms with Crippen molar-refractivity contribution in [2.45, 2.75) is 33.3 Å². The molecule has 0 aliphatic carbocycles. The van der Waals surface area contributed by atoms with Gasteiger partial charge in [0.05, 0.1) is 6.20 Å². The monoisotopic (exact) mass is 210 g/mol. The normalized spacial score (nSPS) is 11.2. The summed E-state index contributed by atoms with van der Waals surface area (Å²) >= 11 is 0. The van der Waals surface area contributed by atoms with Gasteiger partial charge in [-0.25, -0.2) is 4.79 Å². The summed E-state index contributed by atoms with van der Waals surface area (Å²) in [5.41, 5.74) is -0.410. The van der Waals surface area contributed by atoms with Crippen molar-refractivity contribution in [3.8, 4) is 0 Å². The number of ether oxygens (including phenoxy) is 1. The molecule has 5 nitrogen and oxygen atoms in total. The van der Waals surface area contributed by atoms with Crippen LogP contribution in [0.15, 0.2) is 17.1 Å². The Morgan fingerprint density at radius 3 is 2.53 bits per heavy atom. The lowest BCUT2D eigenvalue weighted by Crippen LogP contribution is -2.34. The van der Waals surface area contributed by atoms with Gasteiger partial charge in [0.25, 0.3) is 5.56 Å². The van der Waals surface area contributed by atoms with E-state index in [1.807, 2.05) is 0 Å². The molecule has 1 aromatic rings. The average Bonchev–Trinajstić information content (AvgIpc) is 1.99. The van der Waals surface area contributed by atoms with Crippen LogP contribution in [0.3, 0.4) is 0 Å². The van der Waals surface area contributed by atoms with E-state index >= 15 is 0 Å². The predicted octanol–water partition coefficient (Wildman–Crippen LogP) is 1.33. The molecule has 15 heavy (non-hydrogen) atoms. The van der Waals surface area contributed by atoms with Crippen molar-refractivity contribution in [1.29, 1.82) is 0 Å². The van der Waals surface area contributed by atoms with Crippen molar-refractivity contribution < 1.29 is 9.53 Å². The van der Waals surface area contributed by atoms with Crippen molar-refractivity contribution in [3.63, 3.8) is 0 Å². The molecule has 0 radical (unpaired) electrons. The Morgan fingerprint density at radius 2 is 2.07 bits per heavy atom. The topological polar surface area (TPSA) is 61.2 Å². The first-order valence-corrected chi connectivity index (χ1v) is 4.59. The molecule has 0 unspecified atom stereocenters. The highest BCUT2D eigenvalue weighted by molar-refractivity contribution is 5.69. The van der Waals surface area contributed by atoms with Gasteiger partial charge < -0.3 is 4.74 Å². The van der Waals surface area contributed by atoms with Crippen molar-refractivity contribution >= 4 is 6.09 Å². The van der Waals surface area contributed by atoms with Crippen molar-refractivity contribution in [1.82, 2.24) is 9.78 Å². The molecule has 0 aromatic carbocycles. The molecular weight excluding hydrogens is 196 g/mol. The number of aromatic nitrogens is 2. The van der Waals surface area contributed by atoms with Crippen LogP contribution in [0.25, 0.3) is 0 Å². The van der Waals surface area contributed by atoms with Crippen LogP contribution in [-0.2, 0) is 4.74 Å². The van der Waals surface area contributed by atoms with Crippen LogP contribution in [-0.4, -0.2) is 21.5 Å². The molecule has 5 heteroatoms. The van der Waals surface area contributed by atoms with E-state index in [4.69, 9.17) is 4.74 Å². The molecule has 0 amide bonds. The van der Waals surface area contributed by atoms with E-state index < -0.39 is 17.3 Å². The maximum Gasteiger partial charge on any atom is 0.438 e. The van der Waals surface area contributed by atoms with Gasteiger partial charge in [-0.2, -0.15) is 5.10 Å². The molecule has 0 atom stereocenters. The van der Waals surface area contributed by atoms with Gasteiger partial charge in [0.1, 0.15) is 5.60 Å². The van der Waals surface area contributed by atoms with E-state index in [1.54, 1.807) is 27.7 Å². The maximum atomic E-state index is 11.5. The zero-order valence-electron chi connectivity index (χ0n) is 9.27. The molecule has 0 spiro atoms. The highest BCUT2D eigenvalue weighted by Crippen LogP contribution is 2.07. The van der Waals surface area contributed by atoms with E-state index in [0.29, 0.717) is 10.2 Å². The van der Waals surface area contributed by atoms with E-state index in [-0.39, 0.29) is 0 Å². The molecule has 0 bridgehead atoms. The second kappa shape index (κ2) is 3.84. The minimum Gasteiger partial charge on any atom is -0.442 e. The smallest absolute Gasteiger partial charge is 0.438 e. The van der Waals surface area contributed by atoms with Crippen LogP contribution in [0.4, 0.5) is 4.79 Å². The van der Waals surface area contributed by atoms with Crippen LogP contribution in [0.2, 0.25) is 0 Å². The highest BCUT2D eigenvalue weighted by atomic mass is 16.6. The molecule has 82 valence electrons. The zero-order valence-corrected chi connectivity index (χ0v) is 9.27. The molecule has 0 saturated carbocycles. The number of carbonyl (C=O) groups is 1. The summed E-state index contributed by atoms with van der Waals surface area (Å²) in [5, 5.41) is 3.69. The second-order valence-electron chi connectivity index (χ2n) is 4.26. The first kappa shape index (κ1) is 11.4. The summed E-state index contributed by atoms with van der Waals surface area (Å²) < 4.78 is 5.71. The van der Waals surface area contributed by atoms with Crippen LogP contribution in [0.5, 0.6) is 0 Å². The molecule has 1 rings (SSSR count). The number of carbonyl (C=O) groups excluding carboxylic acids is 1. The van der Waals surface area contributed by atoms with Gasteiger partial charge in [0.2, 0.25) is 0 Å². The van der Waals surface area contributed by atoms with Crippen LogP contribution in [0, 0.1) is 6.92 Å². The van der Waals surface area contributed by atoms with Crippen LogP contribution >= 0.6 is 0 Å². The minimum absolute atomic E-state index is 0.482. The fourth-order valence-corrected chi connectivity index (χ4v) is 0.941. The largest absolute Gasteiger partial charge is 0.442 e. The van der Waals surface area contributed by atoms with Gasteiger partial charge in [-0.1, -0.05) is 0 Å². The van der Waals surface area contributed by atoms with Crippen LogP contribution < -0.4 is 5.56 Å². The van der Waals surface area contributed by atoms with E-state index in [9.17, 15) is 9.59 Å². The first-order valence-electron chi connectivity index (χ1n) is 4.59. The zero-order chi connectivity index (χ0) is 11.6. The van der Waals surface area contributed by atoms with E-state index in [1.165, 1.54) is 12.3 Å². The molecule has 0 aliphatic heterocycles. The first-order chi connectivity index (χ1) is 6.79. The Kier molecular flexibility index (Phi) is 2.93. The Bertz CT molecular complexity index is 429. The fourth-order valence-electron chi connectivity index (χ4n) is 0.941. The van der Waals surface area contributed by atoms with E-state index in [2.05, 4.69) is 5.10 Å². The van der Waals surface area contributed by atoms with Gasteiger partial charge in [0, 0.05) is 6.07 Å². The standard InChI is InChI=1S/C10H14N2O3/c1-7-5-8(13)12(11-6-7)9(14)15-10(2,3)4/h5-6H,1-4H3. The summed E-state index contributed by atoms with van der Waals surface area (Å²) in [7, 11) is 0. The van der Waals surface area contributed by atoms with Crippen molar-refractivity contribution in [2.24, 2.45) is 0 Å². The fraction of sp³-hybridized carbons (Fsp3) is 0.500. The Labute approximate surface area is 87.7 Å². The number of hydrogen-bond donors (Lipinski definition) is 0. The highest BCUT2D eigenvalue weighted by Gasteiger charge is 2.19. The SMILES string of the molecule is Cc1cnn(C(=O)OC(C)(C)C)c(=O)c1. The summed E-state index contributed by atoms with van der Waals surface area (Å²) in [5.74, 6) is 0. The summed E-state index contributed by atoms with van der Waals surface area (Å²) in [6.45, 7) is 6.91. The van der Waals surface area contributed by atoms with Gasteiger partial charge in [-0.05, 0) is 33.3 Å². The third-order valence-corrected chi connectivity index (χ3v) is 1.50. The van der Waals surface area contributed by atoms with Crippen LogP contribution in [0.1, 0.15) is 26.3 Å². The molecule has 0 N–H and O–H groups in total. The van der Waals surface area contributed by atoms with Gasteiger partial charge in [-0.3, -0.25) is 4.79 Å². The third kappa shape index (κ3) is 3.19. The lowest BCUT2D eigenvalue weighted by atomic mass is 10.2. The summed E-state index contributed by atoms with van der Waals surface area (Å²) in [4.78, 5) is 22.8. The number of hydrogen-bond acceptors (Lipinski definition) is 4. The lowest BCUT2D eigenvalue weighted by molar-refractivity contribution is 0.0505. The Hall–Kier alpha value is -1.65. The minimum atomic E-state index is -0.757. The average molecular weight is 210 g/mol. The summed E-state index contributed by atoms with van der Waals surface area (Å²) in [6.07, 6.45) is 0.679. The third-order valence-electron chi connectivity index (χ3n) is 1.50. The van der Waals surface area contributed by atoms with Gasteiger partial charge in [0.15, 0.2) is 0 Å². The summed E-state index contributed by atoms with van der Waals surface area (Å²) in [6, 6.07) is 1.33. The Morgan fingerprint density at radius 1 is 1.47 bits per heavy atom. The predicted molar refractivity (Wildman–Crippen MR) is 54.9 cm³/mol. The van der Waals surface area contributed by atoms with Gasteiger partial charge in [-0.15, -0.1) is 4.68 Å². The Balaban J connectivity index is 2.98. The molecule has 1 aromatic heterocycles. The molecule has 0 fully saturated rings. The second-order valence-corrected chi connectivity index (χ2v) is 4.26. The molecule has 0 aliphatic rings. The molecular formula is C10H14N2O3. The van der Waals surface area contributed by atoms with Crippen molar-refractivity contribution in [2.75, 3.05) is 0 Å². The molecule has 0 saturated heterocycles. The number of nitrogens with zero attached hydrogens (tertiary/aromatic N) is 2. The molecule has 1 heterocycles. The number of rotatable bonds is 0. The van der Waals surface area contributed by atoms with E-state index in [0.717, 1.165) is 0 Å². The number of aryl methyl sites for hydroxylation is 1. The maximum absolute atomic E-state index is 11.5.